The molecule has 1 N–H and O–H groups in total. The van der Waals surface area contributed by atoms with Crippen LogP contribution in [0.4, 0.5) is 0 Å². The van der Waals surface area contributed by atoms with Crippen molar-refractivity contribution in [2.24, 2.45) is 0 Å². The lowest BCUT2D eigenvalue weighted by Gasteiger charge is -2.26. The van der Waals surface area contributed by atoms with Gasteiger partial charge in [0, 0.05) is 6.54 Å². The molecule has 20 heavy (non-hydrogen) atoms. The molecule has 0 heterocycles. The van der Waals surface area contributed by atoms with Gasteiger partial charge in [-0.15, -0.1) is 0 Å². The molecule has 2 aromatic carbocycles. The Morgan fingerprint density at radius 3 is 2.10 bits per heavy atom. The summed E-state index contributed by atoms with van der Waals surface area (Å²) in [6, 6.07) is 18.9. The summed E-state index contributed by atoms with van der Waals surface area (Å²) in [5.74, 6) is 0.919. The first-order chi connectivity index (χ1) is 9.59. The Bertz CT molecular complexity index is 517. The van der Waals surface area contributed by atoms with Crippen LogP contribution in [-0.2, 0) is 6.42 Å². The summed E-state index contributed by atoms with van der Waals surface area (Å²) >= 11 is 0. The van der Waals surface area contributed by atoms with Crippen LogP contribution in [0.2, 0.25) is 0 Å². The van der Waals surface area contributed by atoms with Gasteiger partial charge in [-0.1, -0.05) is 42.5 Å². The second-order valence-corrected chi connectivity index (χ2v) is 5.70. The molecule has 0 aliphatic rings. The van der Waals surface area contributed by atoms with E-state index < -0.39 is 0 Å². The minimum Gasteiger partial charge on any atom is -0.487 e. The summed E-state index contributed by atoms with van der Waals surface area (Å²) < 4.78 is 5.98. The lowest BCUT2D eigenvalue weighted by Crippen LogP contribution is -2.38. The quantitative estimate of drug-likeness (QED) is 0.864. The molecule has 2 heteroatoms. The average molecular weight is 269 g/mol. The van der Waals surface area contributed by atoms with Crippen LogP contribution in [0.1, 0.15) is 25.0 Å². The van der Waals surface area contributed by atoms with Gasteiger partial charge in [0.05, 0.1) is 0 Å². The van der Waals surface area contributed by atoms with Gasteiger partial charge in [0.2, 0.25) is 0 Å². The maximum absolute atomic E-state index is 5.98. The Morgan fingerprint density at radius 2 is 1.50 bits per heavy atom. The van der Waals surface area contributed by atoms with Crippen LogP contribution in [0.5, 0.6) is 5.75 Å². The maximum Gasteiger partial charge on any atom is 0.120 e. The van der Waals surface area contributed by atoms with Crippen molar-refractivity contribution < 1.29 is 4.74 Å². The minimum atomic E-state index is -0.199. The summed E-state index contributed by atoms with van der Waals surface area (Å²) in [5.41, 5.74) is 2.43. The number of nitrogens with one attached hydrogen (secondary N) is 1. The molecule has 0 spiro atoms. The molecule has 0 bridgehead atoms. The van der Waals surface area contributed by atoms with Crippen LogP contribution in [-0.4, -0.2) is 19.2 Å². The number of hydrogen-bond donors (Lipinski definition) is 1. The molecule has 0 aliphatic carbocycles. The molecule has 2 aromatic rings. The highest BCUT2D eigenvalue weighted by atomic mass is 16.5. The molecule has 0 radical (unpaired) electrons. The molecule has 0 atom stereocenters. The first-order valence-corrected chi connectivity index (χ1v) is 7.05. The van der Waals surface area contributed by atoms with E-state index in [1.165, 1.54) is 11.1 Å². The van der Waals surface area contributed by atoms with Crippen molar-refractivity contribution in [2.45, 2.75) is 25.9 Å². The zero-order chi connectivity index (χ0) is 14.4. The first kappa shape index (κ1) is 14.6. The molecule has 0 amide bonds. The molecule has 2 nitrogen and oxygen atoms in total. The molecule has 0 saturated carbocycles. The summed E-state index contributed by atoms with van der Waals surface area (Å²) in [6.07, 6.45) is 0.959. The third kappa shape index (κ3) is 4.39. The smallest absolute Gasteiger partial charge is 0.120 e. The highest BCUT2D eigenvalue weighted by Crippen LogP contribution is 2.19. The lowest BCUT2D eigenvalue weighted by molar-refractivity contribution is 0.110. The standard InChI is InChI=1S/C18H23NO/c1-18(2,14-19-3)20-17-11-9-16(10-12-17)13-15-7-5-4-6-8-15/h4-12,19H,13-14H2,1-3H3. The van der Waals surface area contributed by atoms with Gasteiger partial charge in [-0.05, 0) is 50.6 Å². The fraction of sp³-hybridized carbons (Fsp3) is 0.333. The largest absolute Gasteiger partial charge is 0.487 e. The van der Waals surface area contributed by atoms with Crippen LogP contribution >= 0.6 is 0 Å². The summed E-state index contributed by atoms with van der Waals surface area (Å²) in [7, 11) is 1.94. The summed E-state index contributed by atoms with van der Waals surface area (Å²) in [5, 5.41) is 3.15. The van der Waals surface area contributed by atoms with E-state index >= 15 is 0 Å². The Balaban J connectivity index is 2.00. The van der Waals surface area contributed by atoms with E-state index in [0.717, 1.165) is 18.7 Å². The van der Waals surface area contributed by atoms with Crippen LogP contribution in [0.25, 0.3) is 0 Å². The van der Waals surface area contributed by atoms with Gasteiger partial charge in [-0.3, -0.25) is 0 Å². The van der Waals surface area contributed by atoms with Gasteiger partial charge in [-0.25, -0.2) is 0 Å². The Hall–Kier alpha value is -1.80. The first-order valence-electron chi connectivity index (χ1n) is 7.05. The molecule has 0 fully saturated rings. The molecular formula is C18H23NO. The van der Waals surface area contributed by atoms with E-state index in [1.807, 2.05) is 13.1 Å². The molecule has 2 rings (SSSR count). The van der Waals surface area contributed by atoms with Crippen molar-refractivity contribution in [1.82, 2.24) is 5.32 Å². The number of hydrogen-bond acceptors (Lipinski definition) is 2. The number of benzene rings is 2. The third-order valence-electron chi connectivity index (χ3n) is 3.17. The van der Waals surface area contributed by atoms with Crippen molar-refractivity contribution in [1.29, 1.82) is 0 Å². The molecular weight excluding hydrogens is 246 g/mol. The van der Waals surface area contributed by atoms with Crippen molar-refractivity contribution >= 4 is 0 Å². The molecule has 106 valence electrons. The van der Waals surface area contributed by atoms with Crippen LogP contribution in [0.15, 0.2) is 54.6 Å². The minimum absolute atomic E-state index is 0.199. The second kappa shape index (κ2) is 6.58. The lowest BCUT2D eigenvalue weighted by atomic mass is 10.0. The highest BCUT2D eigenvalue weighted by Gasteiger charge is 2.18. The number of rotatable bonds is 6. The summed E-state index contributed by atoms with van der Waals surface area (Å²) in [4.78, 5) is 0. The van der Waals surface area contributed by atoms with E-state index in [9.17, 15) is 0 Å². The van der Waals surface area contributed by atoms with Gasteiger partial charge < -0.3 is 10.1 Å². The van der Waals surface area contributed by atoms with E-state index in [2.05, 4.69) is 67.7 Å². The van der Waals surface area contributed by atoms with E-state index in [-0.39, 0.29) is 5.60 Å². The molecule has 0 aromatic heterocycles. The maximum atomic E-state index is 5.98. The predicted molar refractivity (Wildman–Crippen MR) is 84.3 cm³/mol. The van der Waals surface area contributed by atoms with Gasteiger partial charge in [-0.2, -0.15) is 0 Å². The fourth-order valence-corrected chi connectivity index (χ4v) is 2.29. The third-order valence-corrected chi connectivity index (χ3v) is 3.17. The number of ether oxygens (including phenoxy) is 1. The second-order valence-electron chi connectivity index (χ2n) is 5.70. The Labute approximate surface area is 121 Å². The fourth-order valence-electron chi connectivity index (χ4n) is 2.29. The number of likely N-dealkylation sites (N-methyl/N-ethyl adjacent to an activating group) is 1. The Morgan fingerprint density at radius 1 is 0.900 bits per heavy atom. The van der Waals surface area contributed by atoms with E-state index in [1.54, 1.807) is 0 Å². The monoisotopic (exact) mass is 269 g/mol. The zero-order valence-electron chi connectivity index (χ0n) is 12.5. The van der Waals surface area contributed by atoms with E-state index in [4.69, 9.17) is 4.74 Å². The van der Waals surface area contributed by atoms with Crippen molar-refractivity contribution in [3.05, 3.63) is 65.7 Å². The van der Waals surface area contributed by atoms with Gasteiger partial charge >= 0.3 is 0 Å². The van der Waals surface area contributed by atoms with Crippen LogP contribution in [0, 0.1) is 0 Å². The van der Waals surface area contributed by atoms with Crippen molar-refractivity contribution in [3.8, 4) is 5.75 Å². The highest BCUT2D eigenvalue weighted by molar-refractivity contribution is 5.31. The predicted octanol–water partition coefficient (Wildman–Crippen LogP) is 3.65. The van der Waals surface area contributed by atoms with Gasteiger partial charge in [0.1, 0.15) is 11.4 Å². The van der Waals surface area contributed by atoms with E-state index in [0.29, 0.717) is 0 Å². The normalized spacial score (nSPS) is 11.3. The molecule has 0 saturated heterocycles. The average Bonchev–Trinajstić information content (AvgIpc) is 2.42. The van der Waals surface area contributed by atoms with Crippen molar-refractivity contribution in [3.63, 3.8) is 0 Å². The molecule has 0 aliphatic heterocycles. The summed E-state index contributed by atoms with van der Waals surface area (Å²) in [6.45, 7) is 4.99. The van der Waals surface area contributed by atoms with Crippen LogP contribution in [0.3, 0.4) is 0 Å². The SMILES string of the molecule is CNCC(C)(C)Oc1ccc(Cc2ccccc2)cc1. The zero-order valence-corrected chi connectivity index (χ0v) is 12.5. The van der Waals surface area contributed by atoms with Gasteiger partial charge in [0.15, 0.2) is 0 Å². The molecule has 0 unspecified atom stereocenters. The van der Waals surface area contributed by atoms with Crippen molar-refractivity contribution in [2.75, 3.05) is 13.6 Å². The van der Waals surface area contributed by atoms with Gasteiger partial charge in [0.25, 0.3) is 0 Å². The Kier molecular flexibility index (Phi) is 4.80. The topological polar surface area (TPSA) is 21.3 Å². The van der Waals surface area contributed by atoms with Crippen LogP contribution < -0.4 is 10.1 Å².